The third-order valence-electron chi connectivity index (χ3n) is 2.94. The zero-order chi connectivity index (χ0) is 26.4. The molecule has 0 saturated carbocycles. The quantitative estimate of drug-likeness (QED) is 0.226. The van der Waals surface area contributed by atoms with E-state index in [9.17, 15) is 0 Å². The van der Waals surface area contributed by atoms with Gasteiger partial charge in [-0.3, -0.25) is 0 Å². The molecular formula is C18H15O12P3S-8. The third-order valence-corrected chi connectivity index (χ3v) is 5.17. The molecule has 0 radical (unpaired) electrons. The predicted molar refractivity (Wildman–Crippen MR) is 104 cm³/mol. The minimum Gasteiger partial charge on any atom is -0.822 e. The van der Waals surface area contributed by atoms with Gasteiger partial charge < -0.3 is 57.7 Å². The topological polar surface area (TPSA) is 259 Å². The fourth-order valence-electron chi connectivity index (χ4n) is 2.08. The fraction of sp³-hybridized carbons (Fsp3) is 0. The van der Waals surface area contributed by atoms with E-state index in [0.717, 1.165) is 0 Å². The number of hydrogen-bond donors (Lipinski definition) is 0. The Morgan fingerprint density at radius 3 is 0.676 bits per heavy atom. The van der Waals surface area contributed by atoms with Crippen molar-refractivity contribution in [3.05, 3.63) is 91.0 Å². The van der Waals surface area contributed by atoms with Gasteiger partial charge in [0, 0.05) is 0 Å². The van der Waals surface area contributed by atoms with Crippen LogP contribution < -0.4 is 44.0 Å². The van der Waals surface area contributed by atoms with E-state index in [2.05, 4.69) is 91.0 Å². The van der Waals surface area contributed by atoms with E-state index in [0.29, 0.717) is 0 Å². The Kier molecular flexibility index (Phi) is 14.6. The monoisotopic (exact) mass is 548 g/mol. The van der Waals surface area contributed by atoms with E-state index < -0.39 is 23.5 Å². The first-order valence-corrected chi connectivity index (χ1v) is 14.1. The van der Waals surface area contributed by atoms with Gasteiger partial charge in [-0.1, -0.05) is 54.6 Å². The van der Waals surface area contributed by atoms with E-state index in [1.807, 2.05) is 0 Å². The third kappa shape index (κ3) is 22.1. The molecule has 0 N–H and O–H groups in total. The van der Waals surface area contributed by atoms with Crippen molar-refractivity contribution in [2.45, 2.75) is 14.7 Å². The lowest BCUT2D eigenvalue weighted by Gasteiger charge is -2.36. The molecule has 3 aromatic rings. The molecule has 0 bridgehead atoms. The highest BCUT2D eigenvalue weighted by Gasteiger charge is 2.27. The van der Waals surface area contributed by atoms with Crippen molar-refractivity contribution in [3.63, 3.8) is 0 Å². The highest BCUT2D eigenvalue weighted by molar-refractivity contribution is 7.97. The summed E-state index contributed by atoms with van der Waals surface area (Å²) in [5.74, 6) is 0. The van der Waals surface area contributed by atoms with E-state index in [1.54, 1.807) is 0 Å². The summed E-state index contributed by atoms with van der Waals surface area (Å²) in [5, 5.41) is 0. The van der Waals surface area contributed by atoms with Gasteiger partial charge >= 0.3 is 0 Å². The second-order valence-corrected chi connectivity index (χ2v) is 10.3. The lowest BCUT2D eigenvalue weighted by molar-refractivity contribution is -0.434. The zero-order valence-electron chi connectivity index (χ0n) is 16.8. The van der Waals surface area contributed by atoms with Crippen LogP contribution in [0.4, 0.5) is 0 Å². The van der Waals surface area contributed by atoms with Crippen LogP contribution in [0.3, 0.4) is 0 Å². The molecule has 0 saturated heterocycles. The molecular weight excluding hydrogens is 533 g/mol. The summed E-state index contributed by atoms with van der Waals surface area (Å²) in [6.07, 6.45) is 0. The first-order valence-electron chi connectivity index (χ1n) is 8.54. The molecule has 0 fully saturated rings. The number of rotatable bonds is 3. The Morgan fingerprint density at radius 2 is 0.529 bits per heavy atom. The van der Waals surface area contributed by atoms with Crippen LogP contribution in [-0.4, -0.2) is 0 Å². The van der Waals surface area contributed by atoms with Crippen LogP contribution >= 0.6 is 23.5 Å². The largest absolute Gasteiger partial charge is 0.822 e. The molecule has 0 unspecified atom stereocenters. The van der Waals surface area contributed by atoms with Crippen LogP contribution in [0.25, 0.3) is 0 Å². The average Bonchev–Trinajstić information content (AvgIpc) is 2.67. The molecule has 3 rings (SSSR count). The maximum Gasteiger partial charge on any atom is 0.166 e. The van der Waals surface area contributed by atoms with Crippen LogP contribution in [0.15, 0.2) is 106 Å². The van der Waals surface area contributed by atoms with Crippen molar-refractivity contribution >= 4 is 34.4 Å². The van der Waals surface area contributed by atoms with E-state index in [4.69, 9.17) is 57.7 Å². The molecule has 3 aromatic carbocycles. The lowest BCUT2D eigenvalue weighted by atomic mass is 10.4. The van der Waals surface area contributed by atoms with Gasteiger partial charge in [0.2, 0.25) is 0 Å². The summed E-state index contributed by atoms with van der Waals surface area (Å²) in [4.78, 5) is 81.0. The molecule has 16 heteroatoms. The summed E-state index contributed by atoms with van der Waals surface area (Å²) >= 11 is 0. The van der Waals surface area contributed by atoms with Crippen molar-refractivity contribution in [1.82, 2.24) is 0 Å². The summed E-state index contributed by atoms with van der Waals surface area (Å²) in [6.45, 7) is 0. The Balaban J connectivity index is 0.000000599. The van der Waals surface area contributed by atoms with Crippen molar-refractivity contribution in [3.8, 4) is 0 Å². The minimum absolute atomic E-state index is 0.0146. The van der Waals surface area contributed by atoms with Crippen molar-refractivity contribution in [1.29, 1.82) is 0 Å². The maximum atomic E-state index is 8.55. The highest BCUT2D eigenvalue weighted by atomic mass is 32.2. The van der Waals surface area contributed by atoms with Gasteiger partial charge in [-0.2, -0.15) is 23.5 Å². The van der Waals surface area contributed by atoms with Crippen LogP contribution in [-0.2, 0) is 24.6 Å². The van der Waals surface area contributed by atoms with E-state index in [1.165, 1.54) is 14.7 Å². The SMILES string of the molecule is O=P([O-])([O-])[O-].O=P([O-])([O-])[O-].O=P([O-])([O-])[O-].c1ccc([S+](c2ccccc2)c2ccccc2)cc1. The van der Waals surface area contributed by atoms with Gasteiger partial charge in [0.1, 0.15) is 0 Å². The summed E-state index contributed by atoms with van der Waals surface area (Å²) < 4.78 is 25.6. The van der Waals surface area contributed by atoms with Gasteiger partial charge in [-0.15, -0.1) is 0 Å². The predicted octanol–water partition coefficient (Wildman–Crippen LogP) is -3.69. The number of hydrogen-bond acceptors (Lipinski definition) is 12. The minimum atomic E-state index is -5.39. The Morgan fingerprint density at radius 1 is 0.382 bits per heavy atom. The molecule has 0 aromatic heterocycles. The van der Waals surface area contributed by atoms with Crippen LogP contribution in [0.5, 0.6) is 0 Å². The van der Waals surface area contributed by atoms with Gasteiger partial charge in [0.25, 0.3) is 0 Å². The fourth-order valence-corrected chi connectivity index (χ4v) is 4.18. The number of phosphoric acid groups is 3. The Labute approximate surface area is 197 Å². The smallest absolute Gasteiger partial charge is 0.166 e. The molecule has 0 heterocycles. The first-order chi connectivity index (χ1) is 15.4. The second-order valence-electron chi connectivity index (χ2n) is 5.59. The van der Waals surface area contributed by atoms with E-state index in [-0.39, 0.29) is 10.9 Å². The normalized spacial score (nSPS) is 11.1. The standard InChI is InChI=1S/C18H15S.3H3O4P/c1-4-10-16(11-5-1)19(17-12-6-2-7-13-17)18-14-8-3-9-15-18;3*1-5(2,3)4/h1-15H;3*(H3,1,2,3,4)/q+1;;;/p-9. The van der Waals surface area contributed by atoms with Crippen LogP contribution in [0.2, 0.25) is 0 Å². The molecule has 0 amide bonds. The van der Waals surface area contributed by atoms with Crippen molar-refractivity contribution in [2.24, 2.45) is 0 Å². The van der Waals surface area contributed by atoms with Crippen molar-refractivity contribution < 1.29 is 57.7 Å². The Hall–Kier alpha value is -1.66. The zero-order valence-corrected chi connectivity index (χ0v) is 20.3. The summed E-state index contributed by atoms with van der Waals surface area (Å²) in [7, 11) is -16.2. The molecule has 0 aliphatic carbocycles. The van der Waals surface area contributed by atoms with Gasteiger partial charge in [0.15, 0.2) is 14.7 Å². The molecule has 0 spiro atoms. The second kappa shape index (κ2) is 15.4. The molecule has 0 atom stereocenters. The van der Waals surface area contributed by atoms with Crippen molar-refractivity contribution in [2.75, 3.05) is 0 Å². The summed E-state index contributed by atoms with van der Waals surface area (Å²) in [5.41, 5.74) is 0. The molecule has 12 nitrogen and oxygen atoms in total. The average molecular weight is 548 g/mol. The van der Waals surface area contributed by atoms with Gasteiger partial charge in [-0.25, -0.2) is 0 Å². The summed E-state index contributed by atoms with van der Waals surface area (Å²) in [6, 6.07) is 32.2. The molecule has 34 heavy (non-hydrogen) atoms. The van der Waals surface area contributed by atoms with E-state index >= 15 is 0 Å². The molecule has 0 aliphatic rings. The van der Waals surface area contributed by atoms with Crippen LogP contribution in [0, 0.1) is 0 Å². The van der Waals surface area contributed by atoms with Gasteiger partial charge in [-0.05, 0) is 36.4 Å². The molecule has 188 valence electrons. The highest BCUT2D eigenvalue weighted by Crippen LogP contribution is 2.30. The van der Waals surface area contributed by atoms with Crippen LogP contribution in [0.1, 0.15) is 0 Å². The Bertz CT molecular complexity index is 919. The van der Waals surface area contributed by atoms with Gasteiger partial charge in [0.05, 0.1) is 10.9 Å². The maximum absolute atomic E-state index is 8.55. The number of benzene rings is 3. The first kappa shape index (κ1) is 32.3. The lowest BCUT2D eigenvalue weighted by Crippen LogP contribution is -2.24. The molecule has 0 aliphatic heterocycles.